The van der Waals surface area contributed by atoms with Crippen molar-refractivity contribution < 1.29 is 14.2 Å². The molecule has 5 nitrogen and oxygen atoms in total. The second-order valence-electron chi connectivity index (χ2n) is 9.29. The van der Waals surface area contributed by atoms with Crippen LogP contribution in [0.3, 0.4) is 0 Å². The van der Waals surface area contributed by atoms with Crippen LogP contribution in [0.4, 0.5) is 5.69 Å². The number of nitrogen functional groups attached to an aromatic ring is 1. The number of benzene rings is 3. The average molecular weight is 481 g/mol. The molecule has 1 aliphatic rings. The van der Waals surface area contributed by atoms with E-state index in [1.165, 1.54) is 29.5 Å². The highest BCUT2D eigenvalue weighted by molar-refractivity contribution is 5.48. The van der Waals surface area contributed by atoms with E-state index in [1.807, 2.05) is 54.9 Å². The van der Waals surface area contributed by atoms with Crippen molar-refractivity contribution in [1.29, 1.82) is 0 Å². The normalized spacial score (nSPS) is 14.4. The minimum atomic E-state index is 0.134. The number of anilines is 1. The van der Waals surface area contributed by atoms with E-state index < -0.39 is 0 Å². The van der Waals surface area contributed by atoms with Gasteiger partial charge in [0.25, 0.3) is 0 Å². The largest absolute Gasteiger partial charge is 0.493 e. The van der Waals surface area contributed by atoms with Gasteiger partial charge in [0.15, 0.2) is 11.5 Å². The van der Waals surface area contributed by atoms with Crippen LogP contribution >= 0.6 is 0 Å². The molecule has 1 aromatic heterocycles. The Labute approximate surface area is 212 Å². The van der Waals surface area contributed by atoms with Crippen LogP contribution in [-0.4, -0.2) is 18.2 Å². The molecule has 5 heteroatoms. The van der Waals surface area contributed by atoms with Crippen molar-refractivity contribution in [2.75, 3.05) is 12.8 Å². The first-order valence-corrected chi connectivity index (χ1v) is 12.5. The van der Waals surface area contributed by atoms with Crippen LogP contribution in [0, 0.1) is 0 Å². The molecule has 0 spiro atoms. The highest BCUT2D eigenvalue weighted by atomic mass is 16.5. The topological polar surface area (TPSA) is 66.6 Å². The van der Waals surface area contributed by atoms with Crippen LogP contribution in [0.15, 0.2) is 91.3 Å². The fraction of sp³-hybridized carbons (Fsp3) is 0.258. The van der Waals surface area contributed by atoms with E-state index in [-0.39, 0.29) is 12.0 Å². The molecule has 0 radical (unpaired) electrons. The summed E-state index contributed by atoms with van der Waals surface area (Å²) in [6.07, 6.45) is 9.45. The van der Waals surface area contributed by atoms with Crippen LogP contribution in [-0.2, 0) is 6.42 Å². The highest BCUT2D eigenvalue weighted by Crippen LogP contribution is 2.38. The van der Waals surface area contributed by atoms with E-state index >= 15 is 0 Å². The minimum Gasteiger partial charge on any atom is -0.493 e. The molecule has 184 valence electrons. The van der Waals surface area contributed by atoms with Crippen molar-refractivity contribution in [3.63, 3.8) is 0 Å². The molecule has 1 saturated carbocycles. The summed E-state index contributed by atoms with van der Waals surface area (Å²) < 4.78 is 18.1. The Balaban J connectivity index is 1.44. The molecule has 0 amide bonds. The molecule has 0 saturated heterocycles. The third-order valence-corrected chi connectivity index (χ3v) is 6.77. The second kappa shape index (κ2) is 11.2. The van der Waals surface area contributed by atoms with E-state index in [9.17, 15) is 0 Å². The Hall–Kier alpha value is -3.99. The van der Waals surface area contributed by atoms with Crippen LogP contribution < -0.4 is 19.9 Å². The van der Waals surface area contributed by atoms with Crippen molar-refractivity contribution in [2.24, 2.45) is 0 Å². The minimum absolute atomic E-state index is 0.134. The predicted molar refractivity (Wildman–Crippen MR) is 143 cm³/mol. The number of ether oxygens (including phenoxy) is 3. The number of hydrogen-bond acceptors (Lipinski definition) is 5. The predicted octanol–water partition coefficient (Wildman–Crippen LogP) is 7.16. The quantitative estimate of drug-likeness (QED) is 0.257. The highest BCUT2D eigenvalue weighted by Gasteiger charge is 2.21. The fourth-order valence-corrected chi connectivity index (χ4v) is 4.81. The van der Waals surface area contributed by atoms with Gasteiger partial charge in [0, 0.05) is 24.0 Å². The molecular formula is C31H32N2O3. The summed E-state index contributed by atoms with van der Waals surface area (Å²) in [5.74, 6) is 3.28. The van der Waals surface area contributed by atoms with E-state index in [0.29, 0.717) is 5.69 Å². The zero-order valence-electron chi connectivity index (χ0n) is 20.6. The number of rotatable bonds is 9. The molecule has 3 aromatic carbocycles. The lowest BCUT2D eigenvalue weighted by Crippen LogP contribution is -2.12. The van der Waals surface area contributed by atoms with Crippen molar-refractivity contribution >= 4 is 5.69 Å². The summed E-state index contributed by atoms with van der Waals surface area (Å²) in [4.78, 5) is 4.19. The average Bonchev–Trinajstić information content (AvgIpc) is 3.43. The van der Waals surface area contributed by atoms with Gasteiger partial charge < -0.3 is 19.9 Å². The van der Waals surface area contributed by atoms with Gasteiger partial charge in [-0.05, 0) is 109 Å². The van der Waals surface area contributed by atoms with Gasteiger partial charge >= 0.3 is 0 Å². The summed E-state index contributed by atoms with van der Waals surface area (Å²) in [5, 5.41) is 0. The van der Waals surface area contributed by atoms with E-state index in [0.717, 1.165) is 42.3 Å². The Kier molecular flexibility index (Phi) is 7.36. The summed E-state index contributed by atoms with van der Waals surface area (Å²) in [6.45, 7) is 0. The van der Waals surface area contributed by atoms with Gasteiger partial charge in [-0.2, -0.15) is 0 Å². The first kappa shape index (κ1) is 23.7. The Morgan fingerprint density at radius 1 is 0.806 bits per heavy atom. The van der Waals surface area contributed by atoms with Gasteiger partial charge in [-0.25, -0.2) is 0 Å². The molecule has 36 heavy (non-hydrogen) atoms. The molecule has 1 unspecified atom stereocenters. The number of nitrogens with two attached hydrogens (primary N) is 1. The molecule has 2 N–H and O–H groups in total. The zero-order valence-corrected chi connectivity index (χ0v) is 20.6. The van der Waals surface area contributed by atoms with Crippen LogP contribution in [0.2, 0.25) is 0 Å². The molecule has 1 heterocycles. The third kappa shape index (κ3) is 5.80. The maximum Gasteiger partial charge on any atom is 0.161 e. The zero-order chi connectivity index (χ0) is 24.7. The molecule has 5 rings (SSSR count). The smallest absolute Gasteiger partial charge is 0.161 e. The summed E-state index contributed by atoms with van der Waals surface area (Å²) in [7, 11) is 1.70. The number of pyridine rings is 1. The monoisotopic (exact) mass is 480 g/mol. The number of nitrogens with zero attached hydrogens (tertiary/aromatic N) is 1. The SMILES string of the molecule is COc1ccc(C(Cc2ccncc2)c2ccc(Oc3ccc(N)cc3)cc2)cc1OC1CCCC1. The summed E-state index contributed by atoms with van der Waals surface area (Å²) in [6, 6.07) is 26.2. The van der Waals surface area contributed by atoms with Gasteiger partial charge in [0.05, 0.1) is 13.2 Å². The van der Waals surface area contributed by atoms with Crippen LogP contribution in [0.5, 0.6) is 23.0 Å². The molecule has 1 aliphatic carbocycles. The second-order valence-corrected chi connectivity index (χ2v) is 9.29. The van der Waals surface area contributed by atoms with Crippen molar-refractivity contribution in [3.05, 3.63) is 108 Å². The molecule has 0 aliphatic heterocycles. The maximum absolute atomic E-state index is 6.40. The van der Waals surface area contributed by atoms with Gasteiger partial charge in [-0.1, -0.05) is 18.2 Å². The van der Waals surface area contributed by atoms with Crippen LogP contribution in [0.1, 0.15) is 48.3 Å². The standard InChI is InChI=1S/C31H32N2O3/c1-34-30-15-8-24(21-31(30)36-26-4-2-3-5-26)29(20-22-16-18-33-19-17-22)23-6-11-27(12-7-23)35-28-13-9-25(32)10-14-28/h6-19,21,26,29H,2-5,20,32H2,1H3. The lowest BCUT2D eigenvalue weighted by Gasteiger charge is -2.22. The van der Waals surface area contributed by atoms with Gasteiger partial charge in [-0.3, -0.25) is 4.98 Å². The Bertz CT molecular complexity index is 1250. The molecular weight excluding hydrogens is 448 g/mol. The molecule has 1 atom stereocenters. The van der Waals surface area contributed by atoms with Gasteiger partial charge in [0.1, 0.15) is 11.5 Å². The number of aromatic nitrogens is 1. The van der Waals surface area contributed by atoms with Crippen molar-refractivity contribution in [1.82, 2.24) is 4.98 Å². The Morgan fingerprint density at radius 3 is 2.11 bits per heavy atom. The Morgan fingerprint density at radius 2 is 1.44 bits per heavy atom. The molecule has 0 bridgehead atoms. The molecule has 1 fully saturated rings. The van der Waals surface area contributed by atoms with E-state index in [1.54, 1.807) is 7.11 Å². The summed E-state index contributed by atoms with van der Waals surface area (Å²) >= 11 is 0. The van der Waals surface area contributed by atoms with E-state index in [4.69, 9.17) is 19.9 Å². The van der Waals surface area contributed by atoms with Gasteiger partial charge in [-0.15, -0.1) is 0 Å². The molecule has 4 aromatic rings. The van der Waals surface area contributed by atoms with E-state index in [2.05, 4.69) is 41.4 Å². The van der Waals surface area contributed by atoms with Crippen LogP contribution in [0.25, 0.3) is 0 Å². The maximum atomic E-state index is 6.40. The van der Waals surface area contributed by atoms with Crippen molar-refractivity contribution in [3.8, 4) is 23.0 Å². The van der Waals surface area contributed by atoms with Gasteiger partial charge in [0.2, 0.25) is 0 Å². The first-order valence-electron chi connectivity index (χ1n) is 12.5. The fourth-order valence-electron chi connectivity index (χ4n) is 4.81. The summed E-state index contributed by atoms with van der Waals surface area (Å²) in [5.41, 5.74) is 10.1. The number of hydrogen-bond donors (Lipinski definition) is 1. The lowest BCUT2D eigenvalue weighted by molar-refractivity contribution is 0.200. The lowest BCUT2D eigenvalue weighted by atomic mass is 9.86. The van der Waals surface area contributed by atoms with Crippen molar-refractivity contribution in [2.45, 2.75) is 44.1 Å². The number of methoxy groups -OCH3 is 1. The third-order valence-electron chi connectivity index (χ3n) is 6.77. The first-order chi connectivity index (χ1) is 17.7.